The molecule has 4 nitrogen and oxygen atoms in total. The first kappa shape index (κ1) is 15.1. The van der Waals surface area contributed by atoms with Crippen LogP contribution in [0.4, 0.5) is 5.82 Å². The molecular weight excluding hydrogens is 284 g/mol. The highest BCUT2D eigenvalue weighted by molar-refractivity contribution is 7.98. The van der Waals surface area contributed by atoms with Crippen molar-refractivity contribution in [3.63, 3.8) is 0 Å². The number of hydrogen-bond donors (Lipinski definition) is 2. The number of hydrogen-bond acceptors (Lipinski definition) is 4. The quantitative estimate of drug-likeness (QED) is 0.675. The second kappa shape index (κ2) is 7.48. The molecule has 0 atom stereocenters. The van der Waals surface area contributed by atoms with Gasteiger partial charge in [0.1, 0.15) is 18.1 Å². The van der Waals surface area contributed by atoms with Gasteiger partial charge >= 0.3 is 0 Å². The van der Waals surface area contributed by atoms with Crippen LogP contribution in [0.1, 0.15) is 16.1 Å². The van der Waals surface area contributed by atoms with E-state index in [1.54, 1.807) is 42.1 Å². The first-order chi connectivity index (χ1) is 10.2. The molecule has 1 amide bonds. The fourth-order valence-corrected chi connectivity index (χ4v) is 2.04. The maximum absolute atomic E-state index is 12.1. The summed E-state index contributed by atoms with van der Waals surface area (Å²) in [5, 5.41) is 11.4. The number of nitrogens with one attached hydrogen (secondary N) is 1. The molecule has 106 valence electrons. The summed E-state index contributed by atoms with van der Waals surface area (Å²) in [6.07, 6.45) is 1.98. The molecule has 0 aliphatic heterocycles. The minimum absolute atomic E-state index is 0.220. The molecule has 0 aliphatic carbocycles. The molecule has 0 bridgehead atoms. The summed E-state index contributed by atoms with van der Waals surface area (Å²) in [4.78, 5) is 17.4. The fraction of sp³-hybridized carbons (Fsp3) is 0.125. The lowest BCUT2D eigenvalue weighted by molar-refractivity contribution is 0.102. The zero-order valence-corrected chi connectivity index (χ0v) is 12.3. The van der Waals surface area contributed by atoms with E-state index in [9.17, 15) is 4.79 Å². The number of aromatic nitrogens is 1. The largest absolute Gasteiger partial charge is 0.384 e. The molecule has 0 unspecified atom stereocenters. The second-order valence-electron chi connectivity index (χ2n) is 4.05. The molecule has 0 radical (unpaired) electrons. The Morgan fingerprint density at radius 2 is 2.05 bits per heavy atom. The van der Waals surface area contributed by atoms with Crippen LogP contribution in [0.5, 0.6) is 0 Å². The fourth-order valence-electron chi connectivity index (χ4n) is 1.63. The van der Waals surface area contributed by atoms with Crippen LogP contribution in [-0.4, -0.2) is 28.9 Å². The molecular formula is C16H14N2O2S. The van der Waals surface area contributed by atoms with Crippen LogP contribution < -0.4 is 5.32 Å². The predicted molar refractivity (Wildman–Crippen MR) is 84.4 cm³/mol. The van der Waals surface area contributed by atoms with E-state index < -0.39 is 0 Å². The number of aliphatic hydroxyl groups excluding tert-OH is 1. The maximum Gasteiger partial charge on any atom is 0.256 e. The van der Waals surface area contributed by atoms with Gasteiger partial charge in [-0.2, -0.15) is 0 Å². The van der Waals surface area contributed by atoms with Gasteiger partial charge in [0, 0.05) is 10.5 Å². The van der Waals surface area contributed by atoms with E-state index >= 15 is 0 Å². The summed E-state index contributed by atoms with van der Waals surface area (Å²) >= 11 is 1.62. The summed E-state index contributed by atoms with van der Waals surface area (Å²) in [6, 6.07) is 12.5. The third kappa shape index (κ3) is 4.35. The Labute approximate surface area is 127 Å². The SMILES string of the molecule is CSc1ccc(C(=O)Nc2cccc(C#CCO)n2)cc1. The predicted octanol–water partition coefficient (Wildman–Crippen LogP) is 2.40. The Morgan fingerprint density at radius 1 is 1.29 bits per heavy atom. The molecule has 1 aromatic heterocycles. The Kier molecular flexibility index (Phi) is 5.38. The molecule has 2 rings (SSSR count). The highest BCUT2D eigenvalue weighted by Gasteiger charge is 2.06. The van der Waals surface area contributed by atoms with E-state index in [1.807, 2.05) is 18.4 Å². The Hall–Kier alpha value is -2.29. The van der Waals surface area contributed by atoms with E-state index in [4.69, 9.17) is 5.11 Å². The van der Waals surface area contributed by atoms with Gasteiger partial charge in [0.05, 0.1) is 0 Å². The van der Waals surface area contributed by atoms with Crippen LogP contribution in [0.25, 0.3) is 0 Å². The lowest BCUT2D eigenvalue weighted by atomic mass is 10.2. The molecule has 0 spiro atoms. The van der Waals surface area contributed by atoms with Gasteiger partial charge in [0.25, 0.3) is 5.91 Å². The van der Waals surface area contributed by atoms with Crippen LogP contribution in [-0.2, 0) is 0 Å². The monoisotopic (exact) mass is 298 g/mol. The Bertz CT molecular complexity index is 687. The lowest BCUT2D eigenvalue weighted by Gasteiger charge is -2.05. The third-order valence-electron chi connectivity index (χ3n) is 2.64. The highest BCUT2D eigenvalue weighted by atomic mass is 32.2. The number of rotatable bonds is 3. The van der Waals surface area contributed by atoms with Crippen LogP contribution in [0.15, 0.2) is 47.4 Å². The maximum atomic E-state index is 12.1. The molecule has 5 heteroatoms. The standard InChI is InChI=1S/C16H14N2O2S/c1-21-14-9-7-12(8-10-14)16(20)18-15-6-2-4-13(17-15)5-3-11-19/h2,4,6-10,19H,11H2,1H3,(H,17,18,20). The van der Waals surface area contributed by atoms with Gasteiger partial charge in [0.15, 0.2) is 0 Å². The molecule has 2 aromatic rings. The smallest absolute Gasteiger partial charge is 0.256 e. The second-order valence-corrected chi connectivity index (χ2v) is 4.93. The molecule has 1 aromatic carbocycles. The number of pyridine rings is 1. The number of amides is 1. The molecule has 1 heterocycles. The Morgan fingerprint density at radius 3 is 2.71 bits per heavy atom. The first-order valence-electron chi connectivity index (χ1n) is 6.25. The third-order valence-corrected chi connectivity index (χ3v) is 3.38. The Balaban J connectivity index is 2.11. The van der Waals surface area contributed by atoms with Crippen molar-refractivity contribution in [2.24, 2.45) is 0 Å². The molecule has 0 saturated heterocycles. The van der Waals surface area contributed by atoms with Gasteiger partial charge in [0.2, 0.25) is 0 Å². The van der Waals surface area contributed by atoms with Crippen molar-refractivity contribution in [2.45, 2.75) is 4.90 Å². The zero-order chi connectivity index (χ0) is 15.1. The van der Waals surface area contributed by atoms with Crippen molar-refractivity contribution in [1.29, 1.82) is 0 Å². The van der Waals surface area contributed by atoms with Crippen LogP contribution >= 0.6 is 11.8 Å². The van der Waals surface area contributed by atoms with Gasteiger partial charge in [-0.05, 0) is 48.6 Å². The summed E-state index contributed by atoms with van der Waals surface area (Å²) in [5.74, 6) is 5.42. The summed E-state index contributed by atoms with van der Waals surface area (Å²) in [5.41, 5.74) is 1.07. The van der Waals surface area contributed by atoms with E-state index in [0.717, 1.165) is 4.90 Å². The summed E-state index contributed by atoms with van der Waals surface area (Å²) in [7, 11) is 0. The van der Waals surface area contributed by atoms with Gasteiger partial charge in [-0.3, -0.25) is 4.79 Å². The van der Waals surface area contributed by atoms with E-state index in [1.165, 1.54) is 0 Å². The van der Waals surface area contributed by atoms with Crippen LogP contribution in [0, 0.1) is 11.8 Å². The van der Waals surface area contributed by atoms with Crippen LogP contribution in [0.3, 0.4) is 0 Å². The zero-order valence-electron chi connectivity index (χ0n) is 11.5. The topological polar surface area (TPSA) is 62.2 Å². The highest BCUT2D eigenvalue weighted by Crippen LogP contribution is 2.15. The van der Waals surface area contributed by atoms with Crippen LogP contribution in [0.2, 0.25) is 0 Å². The van der Waals surface area contributed by atoms with Crippen molar-refractivity contribution >= 4 is 23.5 Å². The average molecular weight is 298 g/mol. The van der Waals surface area contributed by atoms with Crippen molar-refractivity contribution in [2.75, 3.05) is 18.2 Å². The van der Waals surface area contributed by atoms with Gasteiger partial charge < -0.3 is 10.4 Å². The average Bonchev–Trinajstić information content (AvgIpc) is 2.53. The van der Waals surface area contributed by atoms with E-state index in [2.05, 4.69) is 22.1 Å². The molecule has 0 aliphatic rings. The number of carbonyl (C=O) groups excluding carboxylic acids is 1. The van der Waals surface area contributed by atoms with Crippen molar-refractivity contribution in [1.82, 2.24) is 4.98 Å². The van der Waals surface area contributed by atoms with Gasteiger partial charge in [-0.1, -0.05) is 12.0 Å². The summed E-state index contributed by atoms with van der Waals surface area (Å²) in [6.45, 7) is -0.222. The van der Waals surface area contributed by atoms with Gasteiger partial charge in [-0.15, -0.1) is 11.8 Å². The minimum atomic E-state index is -0.222. The number of carbonyl (C=O) groups is 1. The van der Waals surface area contributed by atoms with Gasteiger partial charge in [-0.25, -0.2) is 4.98 Å². The minimum Gasteiger partial charge on any atom is -0.384 e. The lowest BCUT2D eigenvalue weighted by Crippen LogP contribution is -2.13. The molecule has 0 fully saturated rings. The van der Waals surface area contributed by atoms with Crippen molar-refractivity contribution in [3.05, 3.63) is 53.7 Å². The molecule has 21 heavy (non-hydrogen) atoms. The normalized spacial score (nSPS) is 9.62. The van der Waals surface area contributed by atoms with E-state index in [0.29, 0.717) is 17.1 Å². The number of thioether (sulfide) groups is 1. The first-order valence-corrected chi connectivity index (χ1v) is 7.47. The number of nitrogens with zero attached hydrogens (tertiary/aromatic N) is 1. The molecule has 2 N–H and O–H groups in total. The van der Waals surface area contributed by atoms with Crippen molar-refractivity contribution in [3.8, 4) is 11.8 Å². The molecule has 0 saturated carbocycles. The number of benzene rings is 1. The van der Waals surface area contributed by atoms with E-state index in [-0.39, 0.29) is 12.5 Å². The van der Waals surface area contributed by atoms with Crippen molar-refractivity contribution < 1.29 is 9.90 Å². The number of anilines is 1. The summed E-state index contributed by atoms with van der Waals surface area (Å²) < 4.78 is 0. The number of aliphatic hydroxyl groups is 1.